The number of hydrogen-bond acceptors (Lipinski definition) is 5. The molecule has 3 N–H and O–H groups in total. The third kappa shape index (κ3) is 8.58. The topological polar surface area (TPSA) is 79.2 Å². The Kier molecular flexibility index (Phi) is 12.4. The maximum atomic E-state index is 9.78. The Hall–Kier alpha value is -0.460. The van der Waals surface area contributed by atoms with Crippen LogP contribution in [0.15, 0.2) is 12.7 Å². The summed E-state index contributed by atoms with van der Waals surface area (Å²) in [6, 6.07) is 0. The highest BCUT2D eigenvalue weighted by Gasteiger charge is 2.40. The van der Waals surface area contributed by atoms with E-state index in [0.717, 1.165) is 19.3 Å². The molecule has 0 bridgehead atoms. The molecule has 4 atom stereocenters. The average molecular weight is 344 g/mol. The minimum Gasteiger partial charge on any atom is -0.394 e. The first-order valence-electron chi connectivity index (χ1n) is 9.51. The summed E-state index contributed by atoms with van der Waals surface area (Å²) >= 11 is 0. The molecule has 0 aromatic carbocycles. The molecule has 0 aromatic heterocycles. The third-order valence-corrected chi connectivity index (χ3v) is 4.62. The maximum Gasteiger partial charge on any atom is 0.114 e. The fourth-order valence-corrected chi connectivity index (χ4v) is 3.07. The zero-order valence-corrected chi connectivity index (χ0v) is 14.9. The summed E-state index contributed by atoms with van der Waals surface area (Å²) in [5.41, 5.74) is 0. The second-order valence-corrected chi connectivity index (χ2v) is 6.71. The van der Waals surface area contributed by atoms with Crippen molar-refractivity contribution in [1.82, 2.24) is 0 Å². The van der Waals surface area contributed by atoms with E-state index >= 15 is 0 Å². The summed E-state index contributed by atoms with van der Waals surface area (Å²) in [5.74, 6) is 0. The second-order valence-electron chi connectivity index (χ2n) is 6.71. The van der Waals surface area contributed by atoms with E-state index in [-0.39, 0.29) is 13.2 Å². The molecule has 0 amide bonds. The van der Waals surface area contributed by atoms with E-state index in [1.807, 2.05) is 6.08 Å². The van der Waals surface area contributed by atoms with Crippen molar-refractivity contribution in [3.05, 3.63) is 12.7 Å². The van der Waals surface area contributed by atoms with Crippen molar-refractivity contribution >= 4 is 0 Å². The van der Waals surface area contributed by atoms with Crippen molar-refractivity contribution in [1.29, 1.82) is 0 Å². The van der Waals surface area contributed by atoms with Gasteiger partial charge in [-0.15, -0.1) is 6.58 Å². The lowest BCUT2D eigenvalue weighted by Gasteiger charge is -2.24. The van der Waals surface area contributed by atoms with Crippen molar-refractivity contribution in [2.24, 2.45) is 0 Å². The average Bonchev–Trinajstić information content (AvgIpc) is 2.92. The molecule has 1 heterocycles. The summed E-state index contributed by atoms with van der Waals surface area (Å²) in [5, 5.41) is 28.6. The monoisotopic (exact) mass is 344 g/mol. The van der Waals surface area contributed by atoms with Crippen LogP contribution in [0.4, 0.5) is 0 Å². The highest BCUT2D eigenvalue weighted by atomic mass is 16.6. The largest absolute Gasteiger partial charge is 0.394 e. The van der Waals surface area contributed by atoms with Gasteiger partial charge in [-0.2, -0.15) is 0 Å². The first kappa shape index (κ1) is 21.6. The van der Waals surface area contributed by atoms with E-state index in [9.17, 15) is 15.3 Å². The molecule has 5 nitrogen and oxygen atoms in total. The van der Waals surface area contributed by atoms with Crippen LogP contribution in [-0.2, 0) is 9.47 Å². The maximum absolute atomic E-state index is 9.78. The minimum atomic E-state index is -0.978. The quantitative estimate of drug-likeness (QED) is 0.314. The molecule has 142 valence electrons. The Labute approximate surface area is 146 Å². The molecule has 0 unspecified atom stereocenters. The van der Waals surface area contributed by atoms with Crippen LogP contribution < -0.4 is 0 Å². The lowest BCUT2D eigenvalue weighted by atomic mass is 10.1. The number of aliphatic hydroxyl groups excluding tert-OH is 3. The minimum absolute atomic E-state index is 0.0965. The van der Waals surface area contributed by atoms with Crippen LogP contribution in [0.25, 0.3) is 0 Å². The van der Waals surface area contributed by atoms with Gasteiger partial charge in [0.1, 0.15) is 24.4 Å². The predicted octanol–water partition coefficient (Wildman–Crippen LogP) is 2.57. The first-order chi connectivity index (χ1) is 11.7. The zero-order valence-electron chi connectivity index (χ0n) is 14.9. The van der Waals surface area contributed by atoms with Crippen molar-refractivity contribution in [2.45, 2.75) is 88.6 Å². The molecule has 1 saturated heterocycles. The molecule has 0 aliphatic carbocycles. The highest BCUT2D eigenvalue weighted by molar-refractivity contribution is 4.88. The van der Waals surface area contributed by atoms with E-state index in [1.54, 1.807) is 0 Å². The normalized spacial score (nSPS) is 25.0. The Morgan fingerprint density at radius 3 is 2.08 bits per heavy atom. The summed E-state index contributed by atoms with van der Waals surface area (Å²) in [7, 11) is 0. The Morgan fingerprint density at radius 1 is 1.00 bits per heavy atom. The molecule has 0 saturated carbocycles. The van der Waals surface area contributed by atoms with E-state index in [0.29, 0.717) is 6.61 Å². The lowest BCUT2D eigenvalue weighted by molar-refractivity contribution is -0.101. The number of hydrogen-bond donors (Lipinski definition) is 3. The van der Waals surface area contributed by atoms with Gasteiger partial charge in [0.05, 0.1) is 13.2 Å². The van der Waals surface area contributed by atoms with Gasteiger partial charge >= 0.3 is 0 Å². The van der Waals surface area contributed by atoms with Gasteiger partial charge in [0.15, 0.2) is 0 Å². The summed E-state index contributed by atoms with van der Waals surface area (Å²) in [6.45, 7) is 4.17. The van der Waals surface area contributed by atoms with Crippen LogP contribution in [0.1, 0.15) is 64.2 Å². The molecule has 0 radical (unpaired) electrons. The van der Waals surface area contributed by atoms with Crippen molar-refractivity contribution in [3.8, 4) is 0 Å². The van der Waals surface area contributed by atoms with Crippen molar-refractivity contribution in [3.63, 3.8) is 0 Å². The fraction of sp³-hybridized carbons (Fsp3) is 0.895. The van der Waals surface area contributed by atoms with Gasteiger partial charge in [0.2, 0.25) is 0 Å². The molecule has 5 heteroatoms. The van der Waals surface area contributed by atoms with Gasteiger partial charge < -0.3 is 24.8 Å². The SMILES string of the molecule is C=CCCCCCCCCCCCO[C@H](CO)[C@H]1OC[C@H](O)[C@H]1O. The van der Waals surface area contributed by atoms with Crippen LogP contribution in [0.3, 0.4) is 0 Å². The van der Waals surface area contributed by atoms with E-state index < -0.39 is 24.4 Å². The number of allylic oxidation sites excluding steroid dienone is 1. The number of unbranched alkanes of at least 4 members (excludes halogenated alkanes) is 9. The predicted molar refractivity (Wildman–Crippen MR) is 94.9 cm³/mol. The van der Waals surface area contributed by atoms with Gasteiger partial charge in [-0.1, -0.05) is 51.0 Å². The number of ether oxygens (including phenoxy) is 2. The third-order valence-electron chi connectivity index (χ3n) is 4.62. The standard InChI is InChI=1S/C19H36O5/c1-2-3-4-5-6-7-8-9-10-11-12-13-23-17(14-20)19-18(22)16(21)15-24-19/h2,16-22H,1,3-15H2/t16-,17+,18+,19+/m0/s1. The summed E-state index contributed by atoms with van der Waals surface area (Å²) < 4.78 is 10.9. The molecule has 24 heavy (non-hydrogen) atoms. The van der Waals surface area contributed by atoms with Crippen LogP contribution in [-0.4, -0.2) is 59.6 Å². The molecule has 1 rings (SSSR count). The summed E-state index contributed by atoms with van der Waals surface area (Å²) in [6.07, 6.45) is 11.1. The van der Waals surface area contributed by atoms with Gasteiger partial charge in [0.25, 0.3) is 0 Å². The summed E-state index contributed by atoms with van der Waals surface area (Å²) in [4.78, 5) is 0. The molecular formula is C19H36O5. The molecule has 0 aromatic rings. The van der Waals surface area contributed by atoms with E-state index in [1.165, 1.54) is 44.9 Å². The zero-order chi connectivity index (χ0) is 17.6. The molecule has 1 aliphatic rings. The molecule has 1 fully saturated rings. The van der Waals surface area contributed by atoms with Crippen LogP contribution in [0.5, 0.6) is 0 Å². The van der Waals surface area contributed by atoms with Crippen LogP contribution in [0.2, 0.25) is 0 Å². The smallest absolute Gasteiger partial charge is 0.114 e. The van der Waals surface area contributed by atoms with Gasteiger partial charge in [-0.25, -0.2) is 0 Å². The highest BCUT2D eigenvalue weighted by Crippen LogP contribution is 2.20. The van der Waals surface area contributed by atoms with Gasteiger partial charge in [-0.05, 0) is 19.3 Å². The van der Waals surface area contributed by atoms with Crippen molar-refractivity contribution < 1.29 is 24.8 Å². The second kappa shape index (κ2) is 13.8. The first-order valence-corrected chi connectivity index (χ1v) is 9.51. The fourth-order valence-electron chi connectivity index (χ4n) is 3.07. The van der Waals surface area contributed by atoms with Crippen LogP contribution in [0, 0.1) is 0 Å². The van der Waals surface area contributed by atoms with E-state index in [2.05, 4.69) is 6.58 Å². The molecule has 0 spiro atoms. The molecule has 1 aliphatic heterocycles. The number of rotatable bonds is 15. The Bertz CT molecular complexity index is 310. The Balaban J connectivity index is 1.93. The van der Waals surface area contributed by atoms with Crippen LogP contribution >= 0.6 is 0 Å². The lowest BCUT2D eigenvalue weighted by Crippen LogP contribution is -2.42. The van der Waals surface area contributed by atoms with Gasteiger partial charge in [0, 0.05) is 6.61 Å². The molecular weight excluding hydrogens is 308 g/mol. The number of aliphatic hydroxyl groups is 3. The Morgan fingerprint density at radius 2 is 1.58 bits per heavy atom. The van der Waals surface area contributed by atoms with Gasteiger partial charge in [-0.3, -0.25) is 0 Å². The van der Waals surface area contributed by atoms with Crippen molar-refractivity contribution in [2.75, 3.05) is 19.8 Å². The van der Waals surface area contributed by atoms with E-state index in [4.69, 9.17) is 9.47 Å².